The average Bonchev–Trinajstić information content (AvgIpc) is 3.34. The molecule has 0 aromatic heterocycles. The van der Waals surface area contributed by atoms with Crippen LogP contribution in [0.2, 0.25) is 0 Å². The summed E-state index contributed by atoms with van der Waals surface area (Å²) in [6, 6.07) is 7.05. The molecule has 2 N–H and O–H groups in total. The molecule has 1 aliphatic heterocycles. The summed E-state index contributed by atoms with van der Waals surface area (Å²) in [5, 5.41) is 0. The van der Waals surface area contributed by atoms with Crippen molar-refractivity contribution in [1.82, 2.24) is 4.90 Å². The Bertz CT molecular complexity index is 580. The van der Waals surface area contributed by atoms with Gasteiger partial charge in [-0.3, -0.25) is 9.59 Å². The largest absolute Gasteiger partial charge is 0.484 e. The Balaban J connectivity index is 1.50. The number of likely N-dealkylation sites (tertiary alicyclic amines) is 1. The number of hydrogen-bond donors (Lipinski definition) is 1. The van der Waals surface area contributed by atoms with Gasteiger partial charge in [-0.15, -0.1) is 0 Å². The van der Waals surface area contributed by atoms with Crippen molar-refractivity contribution in [2.75, 3.05) is 19.7 Å². The van der Waals surface area contributed by atoms with Crippen molar-refractivity contribution in [1.29, 1.82) is 0 Å². The minimum absolute atomic E-state index is 0.0164. The number of benzene rings is 1. The van der Waals surface area contributed by atoms with Gasteiger partial charge in [-0.1, -0.05) is 6.92 Å². The van der Waals surface area contributed by atoms with Gasteiger partial charge in [-0.05, 0) is 48.9 Å². The van der Waals surface area contributed by atoms with Crippen LogP contribution >= 0.6 is 0 Å². The van der Waals surface area contributed by atoms with Crippen LogP contribution in [-0.4, -0.2) is 42.3 Å². The molecule has 2 fully saturated rings. The van der Waals surface area contributed by atoms with E-state index in [9.17, 15) is 9.59 Å². The summed E-state index contributed by atoms with van der Waals surface area (Å²) in [6.07, 6.45) is 2.98. The molecule has 0 radical (unpaired) electrons. The fraction of sp³-hybridized carbons (Fsp3) is 0.556. The van der Waals surface area contributed by atoms with E-state index in [0.717, 1.165) is 6.54 Å². The standard InChI is InChI=1S/C18H24N2O3/c1-2-17(21)13-5-7-14(8-6-13)23-11-18(22)20-9-15(12-3-4-12)16(19)10-20/h5-8,12,15-16H,2-4,9-11,19H2,1H3/t15-,16+/m0/s1. The Morgan fingerprint density at radius 1 is 1.22 bits per heavy atom. The molecule has 0 unspecified atom stereocenters. The van der Waals surface area contributed by atoms with Crippen molar-refractivity contribution >= 4 is 11.7 Å². The molecule has 2 atom stereocenters. The van der Waals surface area contributed by atoms with Gasteiger partial charge in [0.05, 0.1) is 0 Å². The monoisotopic (exact) mass is 316 g/mol. The molecule has 1 saturated carbocycles. The first-order valence-electron chi connectivity index (χ1n) is 8.38. The van der Waals surface area contributed by atoms with Crippen LogP contribution in [0.15, 0.2) is 24.3 Å². The number of ether oxygens (including phenoxy) is 1. The zero-order valence-electron chi connectivity index (χ0n) is 13.5. The number of ketones is 1. The molecule has 1 saturated heterocycles. The fourth-order valence-electron chi connectivity index (χ4n) is 3.26. The van der Waals surface area contributed by atoms with Crippen LogP contribution in [0.1, 0.15) is 36.5 Å². The van der Waals surface area contributed by atoms with E-state index < -0.39 is 0 Å². The number of nitrogens with zero attached hydrogens (tertiary/aromatic N) is 1. The van der Waals surface area contributed by atoms with E-state index in [0.29, 0.717) is 36.1 Å². The Morgan fingerprint density at radius 3 is 2.52 bits per heavy atom. The highest BCUT2D eigenvalue weighted by Crippen LogP contribution is 2.40. The van der Waals surface area contributed by atoms with Crippen molar-refractivity contribution in [3.05, 3.63) is 29.8 Å². The molecule has 0 spiro atoms. The Morgan fingerprint density at radius 2 is 1.91 bits per heavy atom. The lowest BCUT2D eigenvalue weighted by Crippen LogP contribution is -2.35. The van der Waals surface area contributed by atoms with Crippen molar-refractivity contribution in [3.63, 3.8) is 0 Å². The number of amides is 1. The third-order valence-electron chi connectivity index (χ3n) is 4.85. The second kappa shape index (κ2) is 6.71. The number of carbonyl (C=O) groups is 2. The molecule has 5 heteroatoms. The lowest BCUT2D eigenvalue weighted by molar-refractivity contribution is -0.132. The van der Waals surface area contributed by atoms with E-state index in [1.54, 1.807) is 24.3 Å². The van der Waals surface area contributed by atoms with Crippen molar-refractivity contribution in [2.24, 2.45) is 17.6 Å². The van der Waals surface area contributed by atoms with Crippen molar-refractivity contribution < 1.29 is 14.3 Å². The number of Topliss-reactive ketones (excluding diaryl/α,β-unsaturated/α-hetero) is 1. The molecular formula is C18H24N2O3. The fourth-order valence-corrected chi connectivity index (χ4v) is 3.26. The molecule has 1 aliphatic carbocycles. The molecule has 1 amide bonds. The van der Waals surface area contributed by atoms with Gasteiger partial charge in [0.15, 0.2) is 12.4 Å². The Labute approximate surface area is 136 Å². The number of rotatable bonds is 6. The van der Waals surface area contributed by atoms with E-state index in [1.165, 1.54) is 12.8 Å². The maximum Gasteiger partial charge on any atom is 0.260 e. The van der Waals surface area contributed by atoms with E-state index in [2.05, 4.69) is 0 Å². The zero-order chi connectivity index (χ0) is 16.4. The minimum atomic E-state index is -0.0164. The number of carbonyl (C=O) groups excluding carboxylic acids is 2. The first kappa shape index (κ1) is 16.0. The third kappa shape index (κ3) is 3.72. The highest BCUT2D eigenvalue weighted by molar-refractivity contribution is 5.95. The lowest BCUT2D eigenvalue weighted by Gasteiger charge is -2.16. The molecular weight excluding hydrogens is 292 g/mol. The van der Waals surface area contributed by atoms with Crippen molar-refractivity contribution in [3.8, 4) is 5.75 Å². The highest BCUT2D eigenvalue weighted by atomic mass is 16.5. The summed E-state index contributed by atoms with van der Waals surface area (Å²) >= 11 is 0. The quantitative estimate of drug-likeness (QED) is 0.813. The first-order valence-corrected chi connectivity index (χ1v) is 8.38. The summed E-state index contributed by atoms with van der Waals surface area (Å²) in [4.78, 5) is 25.7. The number of hydrogen-bond acceptors (Lipinski definition) is 4. The van der Waals surface area contributed by atoms with E-state index in [-0.39, 0.29) is 24.3 Å². The lowest BCUT2D eigenvalue weighted by atomic mass is 9.99. The summed E-state index contributed by atoms with van der Waals surface area (Å²) < 4.78 is 5.55. The smallest absolute Gasteiger partial charge is 0.260 e. The second-order valence-corrected chi connectivity index (χ2v) is 6.55. The van der Waals surface area contributed by atoms with Gasteiger partial charge < -0.3 is 15.4 Å². The normalized spacial score (nSPS) is 23.8. The summed E-state index contributed by atoms with van der Waals surface area (Å²) in [5.74, 6) is 1.86. The molecule has 0 bridgehead atoms. The summed E-state index contributed by atoms with van der Waals surface area (Å²) in [7, 11) is 0. The van der Waals surface area contributed by atoms with Gasteiger partial charge in [-0.2, -0.15) is 0 Å². The average molecular weight is 316 g/mol. The molecule has 1 heterocycles. The van der Waals surface area contributed by atoms with Gasteiger partial charge >= 0.3 is 0 Å². The van der Waals surface area contributed by atoms with Crippen LogP contribution in [0.3, 0.4) is 0 Å². The zero-order valence-corrected chi connectivity index (χ0v) is 13.5. The van der Waals surface area contributed by atoms with Gasteiger partial charge in [0.25, 0.3) is 5.91 Å². The van der Waals surface area contributed by atoms with Crippen LogP contribution < -0.4 is 10.5 Å². The van der Waals surface area contributed by atoms with Crippen LogP contribution in [0.5, 0.6) is 5.75 Å². The summed E-state index contributed by atoms with van der Waals surface area (Å²) in [6.45, 7) is 3.25. The summed E-state index contributed by atoms with van der Waals surface area (Å²) in [5.41, 5.74) is 6.82. The molecule has 1 aromatic carbocycles. The maximum absolute atomic E-state index is 12.3. The number of nitrogens with two attached hydrogens (primary N) is 1. The van der Waals surface area contributed by atoms with Gasteiger partial charge in [0, 0.05) is 31.1 Å². The Kier molecular flexibility index (Phi) is 4.66. The van der Waals surface area contributed by atoms with Gasteiger partial charge in [0.1, 0.15) is 5.75 Å². The molecule has 5 nitrogen and oxygen atoms in total. The maximum atomic E-state index is 12.3. The van der Waals surface area contributed by atoms with E-state index in [4.69, 9.17) is 10.5 Å². The van der Waals surface area contributed by atoms with Crippen LogP contribution in [0.4, 0.5) is 0 Å². The Hall–Kier alpha value is -1.88. The van der Waals surface area contributed by atoms with Gasteiger partial charge in [-0.25, -0.2) is 0 Å². The molecule has 23 heavy (non-hydrogen) atoms. The molecule has 1 aromatic rings. The molecule has 124 valence electrons. The SMILES string of the molecule is CCC(=O)c1ccc(OCC(=O)N2C[C@@H](N)[C@H](C3CC3)C2)cc1. The van der Waals surface area contributed by atoms with Crippen LogP contribution in [0, 0.1) is 11.8 Å². The predicted molar refractivity (Wildman–Crippen MR) is 87.3 cm³/mol. The topological polar surface area (TPSA) is 72.6 Å². The van der Waals surface area contributed by atoms with Crippen LogP contribution in [0.25, 0.3) is 0 Å². The van der Waals surface area contributed by atoms with Gasteiger partial charge in [0.2, 0.25) is 0 Å². The first-order chi connectivity index (χ1) is 11.1. The van der Waals surface area contributed by atoms with Crippen LogP contribution in [-0.2, 0) is 4.79 Å². The highest BCUT2D eigenvalue weighted by Gasteiger charge is 2.42. The minimum Gasteiger partial charge on any atom is -0.484 e. The molecule has 2 aliphatic rings. The van der Waals surface area contributed by atoms with E-state index in [1.807, 2.05) is 11.8 Å². The third-order valence-corrected chi connectivity index (χ3v) is 4.85. The second-order valence-electron chi connectivity index (χ2n) is 6.55. The predicted octanol–water partition coefficient (Wildman–Crippen LogP) is 1.85. The molecule has 3 rings (SSSR count). The van der Waals surface area contributed by atoms with Crippen molar-refractivity contribution in [2.45, 2.75) is 32.2 Å². The van der Waals surface area contributed by atoms with E-state index >= 15 is 0 Å².